The van der Waals surface area contributed by atoms with Gasteiger partial charge in [0.2, 0.25) is 5.91 Å². The van der Waals surface area contributed by atoms with Crippen molar-refractivity contribution >= 4 is 18.0 Å². The topological polar surface area (TPSA) is 108 Å². The molecule has 0 radical (unpaired) electrons. The van der Waals surface area contributed by atoms with Crippen LogP contribution in [0.4, 0.5) is 4.79 Å². The number of rotatable bonds is 10. The molecule has 0 heterocycles. The minimum absolute atomic E-state index is 0.00674. The molecule has 2 aliphatic carbocycles. The lowest BCUT2D eigenvalue weighted by molar-refractivity contribution is -0.142. The Morgan fingerprint density at radius 2 is 1.68 bits per heavy atom. The summed E-state index contributed by atoms with van der Waals surface area (Å²) in [4.78, 5) is 38.0. The zero-order chi connectivity index (χ0) is 24.2. The first kappa shape index (κ1) is 23.8. The average molecular weight is 466 g/mol. The van der Waals surface area contributed by atoms with Crippen LogP contribution in [0.3, 0.4) is 0 Å². The number of aliphatic carboxylic acids is 1. The molecule has 0 saturated heterocycles. The van der Waals surface area contributed by atoms with E-state index in [-0.39, 0.29) is 30.3 Å². The Labute approximate surface area is 199 Å². The standard InChI is InChI=1S/C26H31N3O5/c1-29(2)12-11-23(25(31)32)28-24(30)21-13-16(21)14-27-26(33)34-15-22-19-9-5-3-7-17(19)18-8-4-6-10-20(18)22/h3-10,16,21-23H,11-15H2,1-2H3,(H,27,33)(H,28,30)(H,31,32). The largest absolute Gasteiger partial charge is 0.480 e. The lowest BCUT2D eigenvalue weighted by Gasteiger charge is -2.17. The predicted molar refractivity (Wildman–Crippen MR) is 127 cm³/mol. The second-order valence-corrected chi connectivity index (χ2v) is 9.30. The maximum atomic E-state index is 12.4. The maximum absolute atomic E-state index is 12.4. The molecule has 0 bridgehead atoms. The summed E-state index contributed by atoms with van der Waals surface area (Å²) in [6.07, 6.45) is 0.446. The van der Waals surface area contributed by atoms with Gasteiger partial charge < -0.3 is 25.4 Å². The molecule has 0 aromatic heterocycles. The Balaban J connectivity index is 1.23. The van der Waals surface area contributed by atoms with E-state index in [9.17, 15) is 19.5 Å². The molecule has 2 aromatic rings. The van der Waals surface area contributed by atoms with Crippen LogP contribution in [-0.2, 0) is 14.3 Å². The molecular weight excluding hydrogens is 434 g/mol. The predicted octanol–water partition coefficient (Wildman–Crippen LogP) is 2.68. The molecule has 3 unspecified atom stereocenters. The van der Waals surface area contributed by atoms with Crippen LogP contribution in [-0.4, -0.2) is 67.8 Å². The zero-order valence-corrected chi connectivity index (χ0v) is 19.5. The van der Waals surface area contributed by atoms with E-state index in [4.69, 9.17) is 4.74 Å². The van der Waals surface area contributed by atoms with E-state index in [0.29, 0.717) is 25.9 Å². The van der Waals surface area contributed by atoms with Crippen LogP contribution in [0.1, 0.15) is 29.9 Å². The fraction of sp³-hybridized carbons (Fsp3) is 0.423. The van der Waals surface area contributed by atoms with Gasteiger partial charge in [-0.2, -0.15) is 0 Å². The van der Waals surface area contributed by atoms with Crippen molar-refractivity contribution in [3.05, 3.63) is 59.7 Å². The molecule has 4 rings (SSSR count). The van der Waals surface area contributed by atoms with Gasteiger partial charge in [0.15, 0.2) is 0 Å². The second-order valence-electron chi connectivity index (χ2n) is 9.30. The number of carbonyl (C=O) groups is 3. The lowest BCUT2D eigenvalue weighted by atomic mass is 9.98. The fourth-order valence-corrected chi connectivity index (χ4v) is 4.58. The van der Waals surface area contributed by atoms with Gasteiger partial charge in [-0.25, -0.2) is 9.59 Å². The number of carbonyl (C=O) groups excluding carboxylic acids is 2. The molecule has 2 amide bonds. The van der Waals surface area contributed by atoms with Crippen LogP contribution < -0.4 is 10.6 Å². The molecule has 3 atom stereocenters. The van der Waals surface area contributed by atoms with Gasteiger partial charge in [0.05, 0.1) is 0 Å². The molecule has 8 heteroatoms. The molecule has 3 N–H and O–H groups in total. The van der Waals surface area contributed by atoms with Crippen LogP contribution in [0.5, 0.6) is 0 Å². The quantitative estimate of drug-likeness (QED) is 0.498. The summed E-state index contributed by atoms with van der Waals surface area (Å²) >= 11 is 0. The SMILES string of the molecule is CN(C)CCC(NC(=O)C1CC1CNC(=O)OCC1c2ccccc2-c2ccccc21)C(=O)O. The minimum atomic E-state index is -1.04. The average Bonchev–Trinajstić information content (AvgIpc) is 3.54. The van der Waals surface area contributed by atoms with E-state index in [1.165, 1.54) is 11.1 Å². The highest BCUT2D eigenvalue weighted by atomic mass is 16.5. The van der Waals surface area contributed by atoms with Crippen molar-refractivity contribution < 1.29 is 24.2 Å². The number of carboxylic acids is 1. The number of nitrogens with zero attached hydrogens (tertiary/aromatic N) is 1. The van der Waals surface area contributed by atoms with E-state index in [1.54, 1.807) is 0 Å². The van der Waals surface area contributed by atoms with Crippen molar-refractivity contribution in [3.63, 3.8) is 0 Å². The molecule has 0 aliphatic heterocycles. The number of hydrogen-bond donors (Lipinski definition) is 3. The first-order valence-electron chi connectivity index (χ1n) is 11.6. The van der Waals surface area contributed by atoms with Gasteiger partial charge in [-0.3, -0.25) is 4.79 Å². The van der Waals surface area contributed by atoms with Gasteiger partial charge in [0.25, 0.3) is 0 Å². The molecule has 2 aromatic carbocycles. The molecule has 2 aliphatic rings. The maximum Gasteiger partial charge on any atom is 0.407 e. The summed E-state index contributed by atoms with van der Waals surface area (Å²) in [7, 11) is 3.71. The third-order valence-electron chi connectivity index (χ3n) is 6.59. The summed E-state index contributed by atoms with van der Waals surface area (Å²) in [5.74, 6) is -1.61. The van der Waals surface area contributed by atoms with Gasteiger partial charge >= 0.3 is 12.1 Å². The Bertz CT molecular complexity index is 1020. The second kappa shape index (κ2) is 10.3. The van der Waals surface area contributed by atoms with Crippen molar-refractivity contribution in [3.8, 4) is 11.1 Å². The van der Waals surface area contributed by atoms with E-state index < -0.39 is 18.1 Å². The number of alkyl carbamates (subject to hydrolysis) is 1. The van der Waals surface area contributed by atoms with Crippen molar-refractivity contribution in [2.45, 2.75) is 24.8 Å². The molecule has 1 fully saturated rings. The Hall–Kier alpha value is -3.39. The van der Waals surface area contributed by atoms with Gasteiger partial charge in [-0.15, -0.1) is 0 Å². The Morgan fingerprint density at radius 3 is 2.26 bits per heavy atom. The first-order valence-corrected chi connectivity index (χ1v) is 11.6. The molecule has 0 spiro atoms. The summed E-state index contributed by atoms with van der Waals surface area (Å²) in [6, 6.07) is 15.4. The summed E-state index contributed by atoms with van der Waals surface area (Å²) in [6.45, 7) is 1.12. The monoisotopic (exact) mass is 465 g/mol. The molecule has 180 valence electrons. The number of carboxylic acid groups (broad SMARTS) is 1. The van der Waals surface area contributed by atoms with Crippen LogP contribution in [0.25, 0.3) is 11.1 Å². The van der Waals surface area contributed by atoms with Crippen molar-refractivity contribution in [1.82, 2.24) is 15.5 Å². The molecule has 1 saturated carbocycles. The van der Waals surface area contributed by atoms with E-state index in [1.807, 2.05) is 43.3 Å². The molecule has 34 heavy (non-hydrogen) atoms. The number of ether oxygens (including phenoxy) is 1. The minimum Gasteiger partial charge on any atom is -0.480 e. The Morgan fingerprint density at radius 1 is 1.06 bits per heavy atom. The van der Waals surface area contributed by atoms with Gasteiger partial charge in [-0.1, -0.05) is 48.5 Å². The van der Waals surface area contributed by atoms with E-state index in [2.05, 4.69) is 34.9 Å². The van der Waals surface area contributed by atoms with E-state index in [0.717, 1.165) is 11.1 Å². The summed E-state index contributed by atoms with van der Waals surface area (Å²) < 4.78 is 5.53. The third-order valence-corrected chi connectivity index (χ3v) is 6.59. The smallest absolute Gasteiger partial charge is 0.407 e. The number of amides is 2. The molecular formula is C26H31N3O5. The van der Waals surface area contributed by atoms with Crippen molar-refractivity contribution in [2.24, 2.45) is 11.8 Å². The number of nitrogens with one attached hydrogen (secondary N) is 2. The zero-order valence-electron chi connectivity index (χ0n) is 19.5. The van der Waals surface area contributed by atoms with Gasteiger partial charge in [-0.05, 0) is 55.1 Å². The van der Waals surface area contributed by atoms with Crippen molar-refractivity contribution in [2.75, 3.05) is 33.8 Å². The van der Waals surface area contributed by atoms with Crippen LogP contribution >= 0.6 is 0 Å². The van der Waals surface area contributed by atoms with Crippen LogP contribution in [0.2, 0.25) is 0 Å². The fourth-order valence-electron chi connectivity index (χ4n) is 4.58. The van der Waals surface area contributed by atoms with Gasteiger partial charge in [0, 0.05) is 24.9 Å². The first-order chi connectivity index (χ1) is 16.3. The van der Waals surface area contributed by atoms with Crippen LogP contribution in [0, 0.1) is 11.8 Å². The summed E-state index contributed by atoms with van der Waals surface area (Å²) in [5, 5.41) is 14.7. The normalized spacial score (nSPS) is 19.1. The molecule has 8 nitrogen and oxygen atoms in total. The number of hydrogen-bond acceptors (Lipinski definition) is 5. The summed E-state index contributed by atoms with van der Waals surface area (Å²) in [5.41, 5.74) is 4.64. The van der Waals surface area contributed by atoms with Crippen LogP contribution in [0.15, 0.2) is 48.5 Å². The van der Waals surface area contributed by atoms with E-state index >= 15 is 0 Å². The highest BCUT2D eigenvalue weighted by Crippen LogP contribution is 2.44. The third kappa shape index (κ3) is 5.39. The highest BCUT2D eigenvalue weighted by molar-refractivity contribution is 5.86. The lowest BCUT2D eigenvalue weighted by Crippen LogP contribution is -2.43. The number of fused-ring (bicyclic) bond motifs is 3. The Kier molecular flexibility index (Phi) is 7.17. The highest BCUT2D eigenvalue weighted by Gasteiger charge is 2.44. The number of benzene rings is 2. The van der Waals surface area contributed by atoms with Gasteiger partial charge in [0.1, 0.15) is 12.6 Å². The van der Waals surface area contributed by atoms with Crippen molar-refractivity contribution in [1.29, 1.82) is 0 Å².